The van der Waals surface area contributed by atoms with E-state index >= 15 is 0 Å². The fourth-order valence-corrected chi connectivity index (χ4v) is 2.68. The highest BCUT2D eigenvalue weighted by molar-refractivity contribution is 5.85. The SMILES string of the molecule is Cl.Fc1cc(F)c([C@H](CCC(F)(F)F)N2CCNCC2)c(F)c1. The first-order valence-electron chi connectivity index (χ1n) is 6.94. The van der Waals surface area contributed by atoms with Crippen molar-refractivity contribution in [2.45, 2.75) is 25.1 Å². The minimum atomic E-state index is -4.42. The Morgan fingerprint density at radius 2 is 1.57 bits per heavy atom. The lowest BCUT2D eigenvalue weighted by atomic mass is 9.98. The first-order chi connectivity index (χ1) is 10.3. The van der Waals surface area contributed by atoms with Gasteiger partial charge in [0.2, 0.25) is 0 Å². The van der Waals surface area contributed by atoms with Crippen molar-refractivity contribution in [3.8, 4) is 0 Å². The molecule has 1 saturated heterocycles. The number of rotatable bonds is 4. The van der Waals surface area contributed by atoms with Crippen molar-refractivity contribution in [2.75, 3.05) is 26.2 Å². The molecular weight excluding hydrogens is 346 g/mol. The van der Waals surface area contributed by atoms with Gasteiger partial charge >= 0.3 is 6.18 Å². The summed E-state index contributed by atoms with van der Waals surface area (Å²) in [6.45, 7) is 1.79. The quantitative estimate of drug-likeness (QED) is 0.819. The smallest absolute Gasteiger partial charge is 0.314 e. The van der Waals surface area contributed by atoms with Crippen LogP contribution in [-0.2, 0) is 0 Å². The van der Waals surface area contributed by atoms with E-state index in [1.54, 1.807) is 4.90 Å². The van der Waals surface area contributed by atoms with E-state index < -0.39 is 48.1 Å². The van der Waals surface area contributed by atoms with Gasteiger partial charge < -0.3 is 5.32 Å². The zero-order valence-electron chi connectivity index (χ0n) is 12.1. The highest BCUT2D eigenvalue weighted by Gasteiger charge is 2.33. The zero-order valence-corrected chi connectivity index (χ0v) is 12.9. The van der Waals surface area contributed by atoms with Crippen molar-refractivity contribution in [3.05, 3.63) is 35.1 Å². The predicted molar refractivity (Wildman–Crippen MR) is 76.0 cm³/mol. The maximum atomic E-state index is 13.9. The highest BCUT2D eigenvalue weighted by Crippen LogP contribution is 2.34. The zero-order chi connectivity index (χ0) is 16.3. The second kappa shape index (κ2) is 8.21. The molecule has 0 bridgehead atoms. The topological polar surface area (TPSA) is 15.3 Å². The Kier molecular flexibility index (Phi) is 7.16. The number of nitrogens with one attached hydrogen (secondary N) is 1. The van der Waals surface area contributed by atoms with Gasteiger partial charge in [0.15, 0.2) is 0 Å². The third-order valence-electron chi connectivity index (χ3n) is 3.67. The Balaban J connectivity index is 0.00000264. The lowest BCUT2D eigenvalue weighted by Crippen LogP contribution is -2.45. The van der Waals surface area contributed by atoms with Crippen LogP contribution in [0, 0.1) is 17.5 Å². The maximum Gasteiger partial charge on any atom is 0.389 e. The minimum absolute atomic E-state index is 0. The molecule has 0 saturated carbocycles. The van der Waals surface area contributed by atoms with Crippen molar-refractivity contribution in [1.82, 2.24) is 10.2 Å². The molecule has 1 aromatic carbocycles. The van der Waals surface area contributed by atoms with E-state index in [1.165, 1.54) is 0 Å². The number of hydrogen-bond acceptors (Lipinski definition) is 2. The third kappa shape index (κ3) is 5.54. The number of nitrogens with zero attached hydrogens (tertiary/aromatic N) is 1. The molecule has 1 atom stereocenters. The summed E-state index contributed by atoms with van der Waals surface area (Å²) in [7, 11) is 0. The molecule has 1 N–H and O–H groups in total. The average molecular weight is 363 g/mol. The molecule has 0 aromatic heterocycles. The standard InChI is InChI=1S/C14H16F6N2.ClH/c15-9-7-10(16)13(11(17)8-9)12(1-2-14(18,19)20)22-5-3-21-4-6-22;/h7-8,12,21H,1-6H2;1H/t12-;/m0./s1. The van der Waals surface area contributed by atoms with E-state index in [0.717, 1.165) is 0 Å². The lowest BCUT2D eigenvalue weighted by molar-refractivity contribution is -0.138. The van der Waals surface area contributed by atoms with Crippen LogP contribution in [-0.4, -0.2) is 37.3 Å². The molecule has 1 aliphatic heterocycles. The van der Waals surface area contributed by atoms with Gasteiger partial charge in [-0.1, -0.05) is 0 Å². The van der Waals surface area contributed by atoms with Gasteiger partial charge in [-0.05, 0) is 6.42 Å². The molecule has 0 aliphatic carbocycles. The lowest BCUT2D eigenvalue weighted by Gasteiger charge is -2.35. The molecule has 2 nitrogen and oxygen atoms in total. The van der Waals surface area contributed by atoms with E-state index in [-0.39, 0.29) is 12.4 Å². The normalized spacial score (nSPS) is 17.7. The predicted octanol–water partition coefficient (Wildman–Crippen LogP) is 3.81. The summed E-state index contributed by atoms with van der Waals surface area (Å²) < 4.78 is 78.3. The fraction of sp³-hybridized carbons (Fsp3) is 0.571. The molecule has 2 rings (SSSR count). The van der Waals surface area contributed by atoms with E-state index in [1.807, 2.05) is 0 Å². The molecule has 1 fully saturated rings. The summed E-state index contributed by atoms with van der Waals surface area (Å²) in [5.74, 6) is -3.39. The second-order valence-electron chi connectivity index (χ2n) is 5.24. The van der Waals surface area contributed by atoms with Gasteiger partial charge in [0.25, 0.3) is 0 Å². The Bertz CT molecular complexity index is 493. The maximum absolute atomic E-state index is 13.9. The van der Waals surface area contributed by atoms with Crippen LogP contribution in [0.4, 0.5) is 26.3 Å². The van der Waals surface area contributed by atoms with Crippen LogP contribution in [0.1, 0.15) is 24.4 Å². The van der Waals surface area contributed by atoms with Gasteiger partial charge in [0, 0.05) is 56.3 Å². The molecule has 1 aliphatic rings. The minimum Gasteiger partial charge on any atom is -0.314 e. The Morgan fingerprint density at radius 3 is 2.04 bits per heavy atom. The van der Waals surface area contributed by atoms with Crippen LogP contribution >= 0.6 is 12.4 Å². The van der Waals surface area contributed by atoms with E-state index in [2.05, 4.69) is 5.32 Å². The van der Waals surface area contributed by atoms with Crippen molar-refractivity contribution in [1.29, 1.82) is 0 Å². The number of benzene rings is 1. The Hall–Kier alpha value is -0.990. The molecule has 0 spiro atoms. The molecule has 1 heterocycles. The van der Waals surface area contributed by atoms with Crippen LogP contribution in [0.15, 0.2) is 12.1 Å². The van der Waals surface area contributed by atoms with Gasteiger partial charge in [-0.25, -0.2) is 13.2 Å². The van der Waals surface area contributed by atoms with Crippen LogP contribution in [0.25, 0.3) is 0 Å². The van der Waals surface area contributed by atoms with Gasteiger partial charge in [0.1, 0.15) is 17.5 Å². The average Bonchev–Trinajstić information content (AvgIpc) is 2.41. The van der Waals surface area contributed by atoms with Crippen molar-refractivity contribution in [2.24, 2.45) is 0 Å². The molecule has 0 amide bonds. The summed E-state index contributed by atoms with van der Waals surface area (Å²) in [6, 6.07) is -0.0631. The van der Waals surface area contributed by atoms with Gasteiger partial charge in [-0.3, -0.25) is 4.90 Å². The van der Waals surface area contributed by atoms with Crippen LogP contribution in [0.3, 0.4) is 0 Å². The number of hydrogen-bond donors (Lipinski definition) is 1. The van der Waals surface area contributed by atoms with Gasteiger partial charge in [-0.15, -0.1) is 12.4 Å². The van der Waals surface area contributed by atoms with Gasteiger partial charge in [0.05, 0.1) is 0 Å². The van der Waals surface area contributed by atoms with Crippen molar-refractivity contribution in [3.63, 3.8) is 0 Å². The summed E-state index contributed by atoms with van der Waals surface area (Å²) in [5, 5.41) is 3.02. The highest BCUT2D eigenvalue weighted by atomic mass is 35.5. The van der Waals surface area contributed by atoms with E-state index in [9.17, 15) is 26.3 Å². The molecular formula is C14H17ClF6N2. The van der Waals surface area contributed by atoms with Crippen molar-refractivity contribution >= 4 is 12.4 Å². The monoisotopic (exact) mass is 362 g/mol. The van der Waals surface area contributed by atoms with Crippen LogP contribution < -0.4 is 5.32 Å². The first kappa shape index (κ1) is 20.1. The molecule has 1 aromatic rings. The number of piperazine rings is 1. The summed E-state index contributed by atoms with van der Waals surface area (Å²) in [5.41, 5.74) is -0.493. The van der Waals surface area contributed by atoms with Crippen LogP contribution in [0.2, 0.25) is 0 Å². The first-order valence-corrected chi connectivity index (χ1v) is 6.94. The van der Waals surface area contributed by atoms with Crippen LogP contribution in [0.5, 0.6) is 0 Å². The summed E-state index contributed by atoms with van der Waals surface area (Å²) in [4.78, 5) is 1.60. The molecule has 9 heteroatoms. The molecule has 23 heavy (non-hydrogen) atoms. The molecule has 0 radical (unpaired) electrons. The third-order valence-corrected chi connectivity index (χ3v) is 3.67. The van der Waals surface area contributed by atoms with Gasteiger partial charge in [-0.2, -0.15) is 13.2 Å². The summed E-state index contributed by atoms with van der Waals surface area (Å²) in [6.07, 6.45) is -6.04. The Labute approximate surface area is 136 Å². The fourth-order valence-electron chi connectivity index (χ4n) is 2.68. The Morgan fingerprint density at radius 1 is 1.04 bits per heavy atom. The van der Waals surface area contributed by atoms with E-state index in [4.69, 9.17) is 0 Å². The number of alkyl halides is 3. The van der Waals surface area contributed by atoms with E-state index in [0.29, 0.717) is 38.3 Å². The summed E-state index contributed by atoms with van der Waals surface area (Å²) >= 11 is 0. The number of halogens is 7. The molecule has 132 valence electrons. The largest absolute Gasteiger partial charge is 0.389 e. The van der Waals surface area contributed by atoms with Crippen molar-refractivity contribution < 1.29 is 26.3 Å². The second-order valence-corrected chi connectivity index (χ2v) is 5.24. The molecule has 0 unspecified atom stereocenters.